The number of carbonyl (C=O) groups excluding carboxylic acids is 4. The van der Waals surface area contributed by atoms with E-state index in [0.717, 1.165) is 173 Å². The first-order chi connectivity index (χ1) is 46.6. The van der Waals surface area contributed by atoms with Crippen LogP contribution in [0.3, 0.4) is 0 Å². The van der Waals surface area contributed by atoms with Gasteiger partial charge in [-0.25, -0.2) is 0 Å². The van der Waals surface area contributed by atoms with Gasteiger partial charge in [-0.2, -0.15) is 0 Å². The van der Waals surface area contributed by atoms with E-state index in [0.29, 0.717) is 122 Å². The minimum absolute atomic E-state index is 0.0139. The number of ketones is 4. The maximum absolute atomic E-state index is 12.4. The fourth-order valence-electron chi connectivity index (χ4n) is 29.9. The summed E-state index contributed by atoms with van der Waals surface area (Å²) in [7, 11) is 0. The molecule has 16 fully saturated rings. The minimum atomic E-state index is -0.907. The highest BCUT2D eigenvalue weighted by atomic mass is 16.3. The first-order valence-corrected chi connectivity index (χ1v) is 39.9. The van der Waals surface area contributed by atoms with E-state index in [9.17, 15) is 42.3 Å². The number of rotatable bonds is 4. The number of hydrogen-bond acceptors (Lipinski definition) is 8. The molecule has 94 heavy (non-hydrogen) atoms. The van der Waals surface area contributed by atoms with Crippen molar-refractivity contribution < 1.29 is 49.2 Å². The number of aliphatic hydroxyl groups is 4. The molecule has 0 spiro atoms. The summed E-state index contributed by atoms with van der Waals surface area (Å²) in [6, 6.07) is 0. The van der Waals surface area contributed by atoms with Crippen LogP contribution in [-0.2, 0) is 19.2 Å². The van der Waals surface area contributed by atoms with Crippen molar-refractivity contribution in [1.82, 2.24) is 0 Å². The Balaban J connectivity index is 0.000000120. The van der Waals surface area contributed by atoms with Crippen molar-refractivity contribution in [3.63, 3.8) is 0 Å². The molecular formula is C86H140O8. The topological polar surface area (TPSA) is 149 Å². The van der Waals surface area contributed by atoms with Crippen molar-refractivity contribution in [3.05, 3.63) is 0 Å². The van der Waals surface area contributed by atoms with Crippen molar-refractivity contribution in [2.75, 3.05) is 0 Å². The maximum atomic E-state index is 12.4. The molecule has 0 saturated heterocycles. The van der Waals surface area contributed by atoms with Crippen LogP contribution < -0.4 is 0 Å². The maximum Gasteiger partial charge on any atom is 0.133 e. The van der Waals surface area contributed by atoms with E-state index in [1.807, 2.05) is 13.8 Å². The Morgan fingerprint density at radius 2 is 0.553 bits per heavy atom. The molecule has 0 aliphatic heterocycles. The van der Waals surface area contributed by atoms with Crippen LogP contribution in [0.1, 0.15) is 338 Å². The van der Waals surface area contributed by atoms with Crippen molar-refractivity contribution in [2.24, 2.45) is 162 Å². The second kappa shape index (κ2) is 25.2. The molecular weight excluding hydrogens is 1160 g/mol. The van der Waals surface area contributed by atoms with Gasteiger partial charge in [-0.15, -0.1) is 0 Å². The quantitative estimate of drug-likeness (QED) is 0.217. The highest BCUT2D eigenvalue weighted by Gasteiger charge is 2.66. The fraction of sp³-hybridized carbons (Fsp3) is 0.953. The summed E-state index contributed by atoms with van der Waals surface area (Å²) in [5.74, 6) is 2.69. The lowest BCUT2D eigenvalue weighted by Crippen LogP contribution is -2.55. The van der Waals surface area contributed by atoms with Gasteiger partial charge in [0.15, 0.2) is 0 Å². The van der Waals surface area contributed by atoms with Gasteiger partial charge in [0, 0.05) is 33.2 Å². The molecule has 0 aromatic heterocycles. The molecule has 8 nitrogen and oxygen atoms in total. The molecule has 532 valence electrons. The van der Waals surface area contributed by atoms with E-state index in [2.05, 4.69) is 55.4 Å². The molecule has 0 aromatic carbocycles. The zero-order chi connectivity index (χ0) is 73.9. The number of Topliss-reactive ketones (excluding diaryl/α,β-unsaturated/α-hetero) is 4. The lowest BCUT2D eigenvalue weighted by Gasteiger charge is -2.61. The summed E-state index contributed by atoms with van der Waals surface area (Å²) >= 11 is 0. The number of aliphatic hydroxyl groups excluding tert-OH is 2. The summed E-state index contributed by atoms with van der Waals surface area (Å²) in [6.45, 7) is 28.8. The molecule has 0 heterocycles. The lowest BCUT2D eigenvalue weighted by molar-refractivity contribution is -0.150. The molecule has 0 amide bonds. The van der Waals surface area contributed by atoms with Crippen LogP contribution in [0.5, 0.6) is 0 Å². The molecule has 0 radical (unpaired) electrons. The zero-order valence-electron chi connectivity index (χ0n) is 69.0. The first-order valence-electron chi connectivity index (χ1n) is 43.4. The van der Waals surface area contributed by atoms with Crippen molar-refractivity contribution in [1.29, 1.82) is 0 Å². The van der Waals surface area contributed by atoms with E-state index in [-0.39, 0.29) is 78.8 Å². The highest BCUT2D eigenvalue weighted by molar-refractivity contribution is 5.81. The third-order valence-electron chi connectivity index (χ3n) is 35.0. The average Bonchev–Trinajstić information content (AvgIpc) is 1.70. The normalized spacial score (nSPS) is 62.9. The number of carbonyl (C=O) groups is 4. The molecule has 0 unspecified atom stereocenters. The van der Waals surface area contributed by atoms with Crippen molar-refractivity contribution in [3.8, 4) is 0 Å². The smallest absolute Gasteiger partial charge is 0.133 e. The van der Waals surface area contributed by atoms with Gasteiger partial charge in [0.25, 0.3) is 0 Å². The van der Waals surface area contributed by atoms with E-state index in [1.54, 1.807) is 27.7 Å². The monoisotopic (exact) mass is 1310 g/mol. The largest absolute Gasteiger partial charge is 0.393 e. The summed E-state index contributed by atoms with van der Waals surface area (Å²) in [6.07, 6.45) is 32.6. The van der Waals surface area contributed by atoms with Crippen LogP contribution >= 0.6 is 0 Å². The highest BCUT2D eigenvalue weighted by Crippen LogP contribution is 2.73. The van der Waals surface area contributed by atoms with E-state index in [1.165, 1.54) is 12.8 Å². The third-order valence-corrected chi connectivity index (χ3v) is 35.0. The van der Waals surface area contributed by atoms with Gasteiger partial charge in [0.2, 0.25) is 0 Å². The predicted molar refractivity (Wildman–Crippen MR) is 377 cm³/mol. The molecule has 16 aliphatic rings. The van der Waals surface area contributed by atoms with E-state index >= 15 is 0 Å². The van der Waals surface area contributed by atoms with Gasteiger partial charge in [0.05, 0.1) is 23.4 Å². The Bertz CT molecular complexity index is 3140. The van der Waals surface area contributed by atoms with Gasteiger partial charge >= 0.3 is 0 Å². The first kappa shape index (κ1) is 62.3. The van der Waals surface area contributed by atoms with Crippen LogP contribution in [0.4, 0.5) is 0 Å². The molecule has 16 aliphatic carbocycles. The summed E-state index contributed by atoms with van der Waals surface area (Å²) in [5, 5.41) is 41.6. The average molecular weight is 1310 g/mol. The second-order valence-electron chi connectivity index (χ2n) is 39.3. The minimum Gasteiger partial charge on any atom is -0.393 e. The van der Waals surface area contributed by atoms with Crippen molar-refractivity contribution in [2.45, 2.75) is 351 Å². The molecule has 0 aromatic rings. The fourth-order valence-corrected chi connectivity index (χ4v) is 29.9. The molecule has 8 heteroatoms. The van der Waals surface area contributed by atoms with Crippen molar-refractivity contribution >= 4 is 23.1 Å². The SMILES string of the molecule is [2H][C@@]12CC[C@H]3[C@@H]4CC[C@]([2H])(C(C)=O)[C@@]4(C)CC[C@@H]3[C@@]1(C)CC[C@H](O)C2.[2H][C@]12CC[C@H]3[C@@H]4CC[C@H](C(C)=O)[C@@]4(C)CC[C@@H]3[C@@]1(C)CC[C@](C)(O)C2.[2H][C@]12CC[C@H]3[C@@H]4CC[C@]([2H])(C(C)=O)[C@@]4(C)CC[C@@H]3[C@@]1(C)CC[C@H](O)C2.[2H][C@]12CC[C@H]3[C@@H]4CC[C@]([2H])(C(C)=O)[C@@]4(C)CC[C@@H]3[C@@]1(C)CC[C@](C)(O)C2. The number of hydrogen-bond donors (Lipinski definition) is 4. The summed E-state index contributed by atoms with van der Waals surface area (Å²) < 4.78 is 63.7. The number of fused-ring (bicyclic) bond motifs is 20. The molecule has 4 N–H and O–H groups in total. The predicted octanol–water partition coefficient (Wildman–Crippen LogP) is 19.2. The van der Waals surface area contributed by atoms with Crippen LogP contribution in [-0.4, -0.2) is 67.0 Å². The van der Waals surface area contributed by atoms with Gasteiger partial charge < -0.3 is 20.4 Å². The Labute approximate surface area is 582 Å². The van der Waals surface area contributed by atoms with Crippen LogP contribution in [0.2, 0.25) is 0 Å². The van der Waals surface area contributed by atoms with E-state index in [4.69, 9.17) is 6.85 Å². The van der Waals surface area contributed by atoms with Gasteiger partial charge in [-0.3, -0.25) is 19.2 Å². The zero-order valence-corrected chi connectivity index (χ0v) is 62.0. The van der Waals surface area contributed by atoms with Gasteiger partial charge in [-0.05, 0) is 411 Å². The lowest BCUT2D eigenvalue weighted by atomic mass is 9.44. The molecule has 16 rings (SSSR count). The second-order valence-corrected chi connectivity index (χ2v) is 39.3. The van der Waals surface area contributed by atoms with E-state index < -0.39 is 52.5 Å². The standard InChI is InChI=1S/2C22H36O2.2C21H34O2/c2*1-14(23)17-7-8-18-16-6-5-15-13-20(2,24)11-12-21(15,3)19(16)9-10-22(17,18)4;2*1-13(22)17-6-7-18-16-5-4-14-12-15(23)8-10-20(14,2)19(16)9-11-21(17,18)3/h2*15-19,24H,5-13H2,1-4H3;2*14-19,23H,4-12H2,1-3H3/t2*15-,16+,17-,18+,19+,20+,21+,22-;14-,15+,16+,17-,18+,19+,20+,21-;14-,15-,16-,17+,18-,19-,20-,21+/m1110/s1/i15D,17D;15D;2*14D,17D. The Morgan fingerprint density at radius 3 is 0.872 bits per heavy atom. The summed E-state index contributed by atoms with van der Waals surface area (Å²) in [4.78, 5) is 49.2. The van der Waals surface area contributed by atoms with Gasteiger partial charge in [0.1, 0.15) is 23.1 Å². The van der Waals surface area contributed by atoms with Gasteiger partial charge in [-0.1, -0.05) is 55.4 Å². The van der Waals surface area contributed by atoms with Crippen LogP contribution in [0, 0.1) is 162 Å². The Morgan fingerprint density at radius 1 is 0.287 bits per heavy atom. The molecule has 0 bridgehead atoms. The third kappa shape index (κ3) is 11.6. The Hall–Kier alpha value is -1.48. The summed E-state index contributed by atoms with van der Waals surface area (Å²) in [5.41, 5.74) is -1.76. The van der Waals surface area contributed by atoms with Crippen LogP contribution in [0.25, 0.3) is 0 Å². The van der Waals surface area contributed by atoms with Crippen LogP contribution in [0.15, 0.2) is 0 Å². The Kier molecular flexibility index (Phi) is 16.7. The molecule has 16 saturated carbocycles. The molecule has 32 atom stereocenters.